The third-order valence-electron chi connectivity index (χ3n) is 8.44. The first-order valence-electron chi connectivity index (χ1n) is 13.6. The second-order valence-electron chi connectivity index (χ2n) is 10.8. The molecule has 1 amide bonds. The lowest BCUT2D eigenvalue weighted by Crippen LogP contribution is -2.40. The Labute approximate surface area is 225 Å². The first-order chi connectivity index (χ1) is 19.0. The molecule has 0 spiro atoms. The molecule has 8 heteroatoms. The van der Waals surface area contributed by atoms with Crippen molar-refractivity contribution in [3.8, 4) is 0 Å². The highest BCUT2D eigenvalue weighted by Crippen LogP contribution is 2.42. The van der Waals surface area contributed by atoms with Crippen LogP contribution in [0.25, 0.3) is 32.5 Å². The van der Waals surface area contributed by atoms with E-state index in [9.17, 15) is 14.4 Å². The fourth-order valence-corrected chi connectivity index (χ4v) is 6.63. The molecule has 0 saturated carbocycles. The van der Waals surface area contributed by atoms with Crippen molar-refractivity contribution in [2.75, 3.05) is 13.1 Å². The number of allylic oxidation sites excluding steroid dienone is 2. The first-order valence-corrected chi connectivity index (χ1v) is 13.6. The minimum absolute atomic E-state index is 0.141. The number of hydrogen-bond acceptors (Lipinski definition) is 4. The van der Waals surface area contributed by atoms with Crippen molar-refractivity contribution in [3.05, 3.63) is 77.2 Å². The van der Waals surface area contributed by atoms with E-state index in [0.29, 0.717) is 53.1 Å². The summed E-state index contributed by atoms with van der Waals surface area (Å²) in [6, 6.07) is 9.32. The predicted molar refractivity (Wildman–Crippen MR) is 147 cm³/mol. The summed E-state index contributed by atoms with van der Waals surface area (Å²) in [6.07, 6.45) is 9.78. The van der Waals surface area contributed by atoms with Gasteiger partial charge in [-0.25, -0.2) is 9.83 Å². The van der Waals surface area contributed by atoms with Gasteiger partial charge in [-0.05, 0) is 61.3 Å². The van der Waals surface area contributed by atoms with Gasteiger partial charge in [0.2, 0.25) is 5.91 Å². The molecule has 1 unspecified atom stereocenters. The molecule has 0 bridgehead atoms. The number of piperidine rings is 1. The zero-order valence-corrected chi connectivity index (χ0v) is 21.5. The number of ketones is 2. The van der Waals surface area contributed by atoms with Crippen LogP contribution in [0.15, 0.2) is 48.9 Å². The SMILES string of the molecule is [C-]#[N+]c1cc2c3c(c1)c(C1=C(c4cnc5ccccn45)C(=O)CC1=O)cn3CCC(C(=O)N1CCCCC1)C2. The number of rotatable bonds is 3. The molecule has 3 aliphatic rings. The summed E-state index contributed by atoms with van der Waals surface area (Å²) in [5.41, 5.74) is 5.11. The number of aryl methyl sites for hydroxylation is 1. The number of pyridine rings is 1. The lowest BCUT2D eigenvalue weighted by atomic mass is 9.92. The summed E-state index contributed by atoms with van der Waals surface area (Å²) in [6.45, 7) is 10.0. The van der Waals surface area contributed by atoms with Crippen LogP contribution in [0.4, 0.5) is 5.69 Å². The third kappa shape index (κ3) is 3.72. The summed E-state index contributed by atoms with van der Waals surface area (Å²) < 4.78 is 3.95. The number of benzene rings is 1. The Bertz CT molecular complexity index is 1780. The minimum atomic E-state index is -0.220. The van der Waals surface area contributed by atoms with Gasteiger partial charge in [-0.1, -0.05) is 12.1 Å². The summed E-state index contributed by atoms with van der Waals surface area (Å²) >= 11 is 0. The zero-order valence-electron chi connectivity index (χ0n) is 21.5. The van der Waals surface area contributed by atoms with E-state index >= 15 is 0 Å². The number of amides is 1. The monoisotopic (exact) mass is 517 g/mol. The fraction of sp³-hybridized carbons (Fsp3) is 0.323. The van der Waals surface area contributed by atoms with Crippen LogP contribution < -0.4 is 0 Å². The van der Waals surface area contributed by atoms with Gasteiger partial charge in [0, 0.05) is 54.6 Å². The molecule has 2 aliphatic heterocycles. The topological polar surface area (TPSA) is 81.0 Å². The summed E-state index contributed by atoms with van der Waals surface area (Å²) in [5, 5.41) is 0.786. The number of hydrogen-bond donors (Lipinski definition) is 0. The number of fused-ring (bicyclic) bond motifs is 1. The molecule has 0 N–H and O–H groups in total. The molecule has 5 heterocycles. The van der Waals surface area contributed by atoms with E-state index in [1.165, 1.54) is 6.42 Å². The van der Waals surface area contributed by atoms with E-state index in [0.717, 1.165) is 42.4 Å². The van der Waals surface area contributed by atoms with Crippen molar-refractivity contribution in [2.24, 2.45) is 5.92 Å². The summed E-state index contributed by atoms with van der Waals surface area (Å²) in [7, 11) is 0. The van der Waals surface area contributed by atoms with Gasteiger partial charge in [0.1, 0.15) is 5.65 Å². The molecule has 1 atom stereocenters. The lowest BCUT2D eigenvalue weighted by Gasteiger charge is -2.30. The standard InChI is InChI=1S/C31H27N5O3/c1-32-21-14-20-13-19(31(39)34-9-4-2-5-10-34)8-12-35-18-23(22(15-21)30(20)35)28-25(37)16-26(38)29(28)24-17-33-27-7-3-6-11-36(24)27/h3,6-7,11,14-15,17-19H,2,4-5,8-10,12-13,16H2. The Morgan fingerprint density at radius 2 is 1.85 bits per heavy atom. The van der Waals surface area contributed by atoms with Crippen molar-refractivity contribution in [3.63, 3.8) is 0 Å². The van der Waals surface area contributed by atoms with Crippen molar-refractivity contribution < 1.29 is 14.4 Å². The molecule has 7 rings (SSSR count). The van der Waals surface area contributed by atoms with Crippen molar-refractivity contribution in [1.29, 1.82) is 0 Å². The smallest absolute Gasteiger partial charge is 0.226 e. The van der Waals surface area contributed by atoms with Crippen LogP contribution in [0, 0.1) is 12.5 Å². The molecule has 8 nitrogen and oxygen atoms in total. The molecule has 3 aromatic heterocycles. The van der Waals surface area contributed by atoms with Crippen LogP contribution in [0.2, 0.25) is 0 Å². The molecule has 4 aromatic rings. The maximum Gasteiger partial charge on any atom is 0.226 e. The molecular weight excluding hydrogens is 490 g/mol. The van der Waals surface area contributed by atoms with Crippen molar-refractivity contribution in [1.82, 2.24) is 18.9 Å². The quantitative estimate of drug-likeness (QED) is 0.287. The first kappa shape index (κ1) is 23.6. The van der Waals surface area contributed by atoms with Gasteiger partial charge >= 0.3 is 0 Å². The highest BCUT2D eigenvalue weighted by molar-refractivity contribution is 6.51. The number of imidazole rings is 1. The van der Waals surface area contributed by atoms with E-state index in [1.807, 2.05) is 52.0 Å². The van der Waals surface area contributed by atoms with Crippen LogP contribution >= 0.6 is 0 Å². The Morgan fingerprint density at radius 1 is 1.03 bits per heavy atom. The highest BCUT2D eigenvalue weighted by atomic mass is 16.2. The molecule has 1 fully saturated rings. The third-order valence-corrected chi connectivity index (χ3v) is 8.44. The predicted octanol–water partition coefficient (Wildman–Crippen LogP) is 4.87. The average Bonchev–Trinajstić information content (AvgIpc) is 3.58. The number of nitrogens with zero attached hydrogens (tertiary/aromatic N) is 5. The second kappa shape index (κ2) is 9.05. The van der Waals surface area contributed by atoms with Gasteiger partial charge in [0.05, 0.1) is 30.5 Å². The zero-order chi connectivity index (χ0) is 26.7. The summed E-state index contributed by atoms with van der Waals surface area (Å²) in [4.78, 5) is 50.2. The van der Waals surface area contributed by atoms with Gasteiger partial charge in [0.15, 0.2) is 17.3 Å². The van der Waals surface area contributed by atoms with Crippen molar-refractivity contribution in [2.45, 2.75) is 45.1 Å². The maximum atomic E-state index is 13.4. The van der Waals surface area contributed by atoms with E-state index in [1.54, 1.807) is 6.20 Å². The molecule has 39 heavy (non-hydrogen) atoms. The molecule has 1 aliphatic carbocycles. The lowest BCUT2D eigenvalue weighted by molar-refractivity contribution is -0.136. The fourth-order valence-electron chi connectivity index (χ4n) is 6.63. The van der Waals surface area contributed by atoms with Crippen LogP contribution in [-0.2, 0) is 27.3 Å². The highest BCUT2D eigenvalue weighted by Gasteiger charge is 2.37. The Morgan fingerprint density at radius 3 is 2.67 bits per heavy atom. The molecule has 1 saturated heterocycles. The van der Waals surface area contributed by atoms with E-state index < -0.39 is 0 Å². The summed E-state index contributed by atoms with van der Waals surface area (Å²) in [5.74, 6) is -0.373. The Balaban J connectivity index is 1.39. The second-order valence-corrected chi connectivity index (χ2v) is 10.8. The van der Waals surface area contributed by atoms with E-state index in [-0.39, 0.29) is 29.8 Å². The largest absolute Gasteiger partial charge is 0.347 e. The maximum absolute atomic E-state index is 13.4. The molecular formula is C31H27N5O3. The van der Waals surface area contributed by atoms with Crippen LogP contribution in [0.3, 0.4) is 0 Å². The number of aromatic nitrogens is 3. The number of carbonyl (C=O) groups excluding carboxylic acids is 3. The van der Waals surface area contributed by atoms with E-state index in [4.69, 9.17) is 6.57 Å². The molecule has 194 valence electrons. The van der Waals surface area contributed by atoms with Gasteiger partial charge in [-0.15, -0.1) is 0 Å². The van der Waals surface area contributed by atoms with E-state index in [2.05, 4.69) is 14.4 Å². The minimum Gasteiger partial charge on any atom is -0.347 e. The Kier molecular flexibility index (Phi) is 5.48. The van der Waals surface area contributed by atoms with Gasteiger partial charge in [-0.2, -0.15) is 0 Å². The number of Topliss-reactive ketones (excluding diaryl/α,β-unsaturated/α-hetero) is 2. The molecule has 0 radical (unpaired) electrons. The van der Waals surface area contributed by atoms with Crippen LogP contribution in [0.1, 0.15) is 48.9 Å². The van der Waals surface area contributed by atoms with Crippen LogP contribution in [0.5, 0.6) is 0 Å². The van der Waals surface area contributed by atoms with Gasteiger partial charge in [-0.3, -0.25) is 18.8 Å². The average molecular weight is 518 g/mol. The number of carbonyl (C=O) groups is 3. The number of likely N-dealkylation sites (tertiary alicyclic amines) is 1. The van der Waals surface area contributed by atoms with Crippen LogP contribution in [-0.4, -0.2) is 49.4 Å². The van der Waals surface area contributed by atoms with Crippen molar-refractivity contribution >= 4 is 50.9 Å². The Hall–Kier alpha value is -4.51. The van der Waals surface area contributed by atoms with Gasteiger partial charge in [0.25, 0.3) is 0 Å². The molecule has 1 aromatic carbocycles. The van der Waals surface area contributed by atoms with Gasteiger partial charge < -0.3 is 9.47 Å². The normalized spacial score (nSPS) is 19.7.